The Hall–Kier alpha value is -5.96. The quantitative estimate of drug-likeness (QED) is 0.108. The van der Waals surface area contributed by atoms with Gasteiger partial charge in [0.15, 0.2) is 10.8 Å². The van der Waals surface area contributed by atoms with Crippen molar-refractivity contribution in [3.63, 3.8) is 0 Å². The number of carbonyl (C=O) groups is 2. The molecule has 0 aliphatic heterocycles. The van der Waals surface area contributed by atoms with Gasteiger partial charge in [0.25, 0.3) is 0 Å². The molecule has 0 spiro atoms. The zero-order chi connectivity index (χ0) is 40.9. The van der Waals surface area contributed by atoms with Crippen LogP contribution in [0, 0.1) is 13.8 Å². The largest absolute Gasteiger partial charge is 0.476 e. The van der Waals surface area contributed by atoms with Gasteiger partial charge in [-0.2, -0.15) is 0 Å². The lowest BCUT2D eigenvalue weighted by molar-refractivity contribution is 0.0696. The third-order valence-electron chi connectivity index (χ3n) is 10.9. The highest BCUT2D eigenvalue weighted by Crippen LogP contribution is 2.31. The van der Waals surface area contributed by atoms with E-state index in [1.165, 1.54) is 57.0 Å². The van der Waals surface area contributed by atoms with Crippen LogP contribution in [0.3, 0.4) is 0 Å². The number of thiazole rings is 2. The number of hydrogen-bond acceptors (Lipinski definition) is 11. The van der Waals surface area contributed by atoms with Crippen LogP contribution < -0.4 is 5.73 Å². The van der Waals surface area contributed by atoms with E-state index in [4.69, 9.17) is 10.8 Å². The number of aromatic amines is 2. The van der Waals surface area contributed by atoms with E-state index < -0.39 is 5.97 Å². The van der Waals surface area contributed by atoms with Crippen molar-refractivity contribution in [1.29, 1.82) is 0 Å². The molecule has 300 valence electrons. The van der Waals surface area contributed by atoms with Gasteiger partial charge >= 0.3 is 5.97 Å². The summed E-state index contributed by atoms with van der Waals surface area (Å²) in [7, 11) is 0. The van der Waals surface area contributed by atoms with Crippen molar-refractivity contribution in [2.24, 2.45) is 5.73 Å². The number of aromatic carboxylic acids is 1. The maximum atomic E-state index is 12.7. The van der Waals surface area contributed by atoms with Gasteiger partial charge in [-0.3, -0.25) is 4.79 Å². The Bertz CT molecular complexity index is 2740. The van der Waals surface area contributed by atoms with E-state index in [1.807, 2.05) is 24.5 Å². The summed E-state index contributed by atoms with van der Waals surface area (Å²) < 4.78 is 0. The SMILES string of the molecule is Cc1cc(-c2ncnc3[nH]ccc23)ccc1CCC(=O)c1nc2c(s1)CCCC2.Cc1cc(-c2ncnc3[nH]ccc23)ccc1CN.O=C(O)c1nc2c(s1)CCCC2. The second-order valence-corrected chi connectivity index (χ2v) is 17.0. The fraction of sp³-hybridized carbons (Fsp3) is 0.289. The number of hydrogen-bond donors (Lipinski definition) is 4. The number of carboxylic acid groups (broad SMARTS) is 1. The molecule has 10 rings (SSSR count). The molecule has 0 bridgehead atoms. The van der Waals surface area contributed by atoms with Gasteiger partial charge in [0.1, 0.15) is 23.9 Å². The average Bonchev–Trinajstić information content (AvgIpc) is 4.09. The van der Waals surface area contributed by atoms with Crippen molar-refractivity contribution in [2.45, 2.75) is 84.6 Å². The van der Waals surface area contributed by atoms with Gasteiger partial charge in [-0.15, -0.1) is 22.7 Å². The molecule has 8 aromatic rings. The normalized spacial score (nSPS) is 13.2. The maximum absolute atomic E-state index is 12.7. The van der Waals surface area contributed by atoms with Gasteiger partial charge in [0.05, 0.1) is 22.8 Å². The third-order valence-corrected chi connectivity index (χ3v) is 13.2. The number of aromatic nitrogens is 8. The first-order chi connectivity index (χ1) is 28.7. The third kappa shape index (κ3) is 8.89. The molecule has 14 heteroatoms. The highest BCUT2D eigenvalue weighted by atomic mass is 32.1. The molecule has 2 aromatic carbocycles. The van der Waals surface area contributed by atoms with Gasteiger partial charge in [0, 0.05) is 57.0 Å². The monoisotopic (exact) mass is 823 g/mol. The Labute approximate surface area is 349 Å². The molecule has 12 nitrogen and oxygen atoms in total. The number of aryl methyl sites for hydroxylation is 7. The van der Waals surface area contributed by atoms with Gasteiger partial charge in [0.2, 0.25) is 5.01 Å². The topological polar surface area (TPSA) is 189 Å². The van der Waals surface area contributed by atoms with E-state index in [0.29, 0.717) is 18.0 Å². The van der Waals surface area contributed by atoms with Crippen molar-refractivity contribution < 1.29 is 14.7 Å². The van der Waals surface area contributed by atoms with E-state index >= 15 is 0 Å². The average molecular weight is 824 g/mol. The molecule has 6 aromatic heterocycles. The predicted molar refractivity (Wildman–Crippen MR) is 233 cm³/mol. The van der Waals surface area contributed by atoms with Crippen molar-refractivity contribution in [3.05, 3.63) is 127 Å². The van der Waals surface area contributed by atoms with Crippen molar-refractivity contribution in [2.75, 3.05) is 0 Å². The minimum Gasteiger partial charge on any atom is -0.476 e. The number of H-pyrrole nitrogens is 2. The number of rotatable bonds is 8. The fourth-order valence-electron chi connectivity index (χ4n) is 7.67. The Kier molecular flexibility index (Phi) is 12.1. The van der Waals surface area contributed by atoms with Crippen LogP contribution >= 0.6 is 22.7 Å². The second kappa shape index (κ2) is 17.9. The van der Waals surface area contributed by atoms with E-state index in [2.05, 4.69) is 90.1 Å². The first-order valence-corrected chi connectivity index (χ1v) is 21.6. The number of ketones is 1. The number of benzene rings is 2. The molecule has 0 saturated heterocycles. The number of carboxylic acids is 1. The van der Waals surface area contributed by atoms with Crippen LogP contribution in [0.1, 0.15) is 95.1 Å². The molecule has 0 atom stereocenters. The van der Waals surface area contributed by atoms with Crippen molar-refractivity contribution in [1.82, 2.24) is 39.9 Å². The fourth-order valence-corrected chi connectivity index (χ4v) is 9.78. The Balaban J connectivity index is 0.000000137. The van der Waals surface area contributed by atoms with Crippen molar-refractivity contribution in [3.8, 4) is 22.5 Å². The van der Waals surface area contributed by atoms with E-state index in [1.54, 1.807) is 24.0 Å². The molecule has 0 fully saturated rings. The number of fused-ring (bicyclic) bond motifs is 4. The molecule has 0 saturated carbocycles. The lowest BCUT2D eigenvalue weighted by Gasteiger charge is -2.08. The molecular formula is C45H45N9O3S2. The van der Waals surface area contributed by atoms with Gasteiger partial charge < -0.3 is 20.8 Å². The lowest BCUT2D eigenvalue weighted by atomic mass is 9.98. The smallest absolute Gasteiger partial charge is 0.365 e. The summed E-state index contributed by atoms with van der Waals surface area (Å²) in [6.45, 7) is 4.73. The van der Waals surface area contributed by atoms with E-state index in [9.17, 15) is 9.59 Å². The van der Waals surface area contributed by atoms with Crippen LogP contribution in [0.5, 0.6) is 0 Å². The summed E-state index contributed by atoms with van der Waals surface area (Å²) in [4.78, 5) is 58.0. The van der Waals surface area contributed by atoms with Crippen molar-refractivity contribution >= 4 is 56.5 Å². The van der Waals surface area contributed by atoms with Gasteiger partial charge in [-0.05, 0) is 118 Å². The first-order valence-electron chi connectivity index (χ1n) is 20.0. The first kappa shape index (κ1) is 39.8. The molecule has 0 unspecified atom stereocenters. The number of nitrogens with one attached hydrogen (secondary N) is 2. The lowest BCUT2D eigenvalue weighted by Crippen LogP contribution is -2.03. The second-order valence-electron chi connectivity index (χ2n) is 14.8. The Morgan fingerprint density at radius 3 is 1.69 bits per heavy atom. The predicted octanol–water partition coefficient (Wildman–Crippen LogP) is 9.20. The van der Waals surface area contributed by atoms with Crippen LogP contribution in [0.25, 0.3) is 44.6 Å². The molecular weight excluding hydrogens is 779 g/mol. The standard InChI is InChI=1S/C23H22N4OS.C14H14N4.C8H9NO2S/c1-14-12-16(21-17-10-11-24-22(17)26-13-25-21)7-6-15(14)8-9-19(28)23-27-18-4-2-3-5-20(18)29-23;1-9-6-10(2-3-11(9)7-15)13-12-4-5-16-14(12)18-8-17-13;10-8(11)7-9-5-3-1-2-4-6(5)12-7/h6-7,10-13H,2-5,8-9H2,1H3,(H,24,25,26);2-6,8H,7,15H2,1H3,(H,16,17,18);1-4H2,(H,10,11). The molecule has 0 amide bonds. The summed E-state index contributed by atoms with van der Waals surface area (Å²) in [5, 5.41) is 11.7. The number of nitrogens with zero attached hydrogens (tertiary/aromatic N) is 6. The highest BCUT2D eigenvalue weighted by molar-refractivity contribution is 7.14. The zero-order valence-corrected chi connectivity index (χ0v) is 34.7. The zero-order valence-electron chi connectivity index (χ0n) is 33.0. The van der Waals surface area contributed by atoms with Crippen LogP contribution in [0.4, 0.5) is 0 Å². The Morgan fingerprint density at radius 1 is 0.678 bits per heavy atom. The number of carbonyl (C=O) groups excluding carboxylic acids is 1. The number of Topliss-reactive ketones (excluding diaryl/α,β-unsaturated/α-hetero) is 1. The van der Waals surface area contributed by atoms with Gasteiger partial charge in [-0.1, -0.05) is 24.3 Å². The number of nitrogens with two attached hydrogens (primary N) is 1. The molecule has 5 N–H and O–H groups in total. The summed E-state index contributed by atoms with van der Waals surface area (Å²) in [5.41, 5.74) is 18.3. The molecule has 59 heavy (non-hydrogen) atoms. The summed E-state index contributed by atoms with van der Waals surface area (Å²) in [6, 6.07) is 16.6. The highest BCUT2D eigenvalue weighted by Gasteiger charge is 2.20. The molecule has 6 heterocycles. The van der Waals surface area contributed by atoms with Crippen LogP contribution in [-0.4, -0.2) is 56.7 Å². The minimum absolute atomic E-state index is 0.165. The van der Waals surface area contributed by atoms with Crippen LogP contribution in [0.15, 0.2) is 73.6 Å². The van der Waals surface area contributed by atoms with Crippen LogP contribution in [0.2, 0.25) is 0 Å². The van der Waals surface area contributed by atoms with Crippen LogP contribution in [-0.2, 0) is 38.6 Å². The summed E-state index contributed by atoms with van der Waals surface area (Å²) in [6.07, 6.45) is 17.0. The maximum Gasteiger partial charge on any atom is 0.365 e. The van der Waals surface area contributed by atoms with E-state index in [0.717, 1.165) is 100 Å². The Morgan fingerprint density at radius 2 is 1.19 bits per heavy atom. The minimum atomic E-state index is -0.894. The summed E-state index contributed by atoms with van der Waals surface area (Å²) in [5.74, 6) is -0.730. The molecule has 0 radical (unpaired) electrons. The van der Waals surface area contributed by atoms with E-state index in [-0.39, 0.29) is 10.8 Å². The molecule has 2 aliphatic rings. The molecule has 2 aliphatic carbocycles. The summed E-state index contributed by atoms with van der Waals surface area (Å²) >= 11 is 2.94. The van der Waals surface area contributed by atoms with Gasteiger partial charge in [-0.25, -0.2) is 34.7 Å².